The van der Waals surface area contributed by atoms with Gasteiger partial charge >= 0.3 is 0 Å². The molecule has 0 heterocycles. The fourth-order valence-electron chi connectivity index (χ4n) is 1.57. The second kappa shape index (κ2) is 6.55. The van der Waals surface area contributed by atoms with Gasteiger partial charge in [-0.05, 0) is 51.8 Å². The number of hydrogen-bond donors (Lipinski definition) is 1. The largest absolute Gasteiger partial charge is 0.326 e. The molecule has 0 spiro atoms. The summed E-state index contributed by atoms with van der Waals surface area (Å²) in [6.07, 6.45) is 0.334. The molecule has 2 aromatic carbocycles. The Hall–Kier alpha value is -0.840. The fourth-order valence-corrected chi connectivity index (χ4v) is 2.26. The summed E-state index contributed by atoms with van der Waals surface area (Å²) in [5.41, 5.74) is 1.65. The summed E-state index contributed by atoms with van der Waals surface area (Å²) < 4.78 is 1.80. The lowest BCUT2D eigenvalue weighted by atomic mass is 10.1. The molecule has 0 fully saturated rings. The molecule has 0 atom stereocenters. The van der Waals surface area contributed by atoms with Crippen LogP contribution in [0, 0.1) is 0 Å². The number of carbonyl (C=O) groups excluding carboxylic acids is 1. The van der Waals surface area contributed by atoms with Crippen molar-refractivity contribution in [1.82, 2.24) is 0 Å². The summed E-state index contributed by atoms with van der Waals surface area (Å²) in [5.74, 6) is -0.0688. The lowest BCUT2D eigenvalue weighted by Crippen LogP contribution is -2.14. The first kappa shape index (κ1) is 14.6. The van der Waals surface area contributed by atoms with Gasteiger partial charge in [0.2, 0.25) is 5.91 Å². The van der Waals surface area contributed by atoms with Crippen molar-refractivity contribution in [3.05, 3.63) is 62.0 Å². The number of rotatable bonds is 3. The van der Waals surface area contributed by atoms with Crippen LogP contribution in [-0.4, -0.2) is 5.91 Å². The summed E-state index contributed by atoms with van der Waals surface area (Å²) in [4.78, 5) is 11.9. The molecule has 19 heavy (non-hydrogen) atoms. The summed E-state index contributed by atoms with van der Waals surface area (Å²) in [6, 6.07) is 13.0. The molecule has 0 aliphatic heterocycles. The van der Waals surface area contributed by atoms with Gasteiger partial charge in [0.15, 0.2) is 0 Å². The summed E-state index contributed by atoms with van der Waals surface area (Å²) in [6.45, 7) is 0. The van der Waals surface area contributed by atoms with E-state index in [1.807, 2.05) is 24.3 Å². The monoisotopic (exact) mass is 401 g/mol. The Kier molecular flexibility index (Phi) is 5.02. The van der Waals surface area contributed by atoms with Crippen LogP contribution in [-0.2, 0) is 11.2 Å². The third kappa shape index (κ3) is 4.34. The van der Waals surface area contributed by atoms with Crippen molar-refractivity contribution < 1.29 is 4.79 Å². The van der Waals surface area contributed by atoms with Crippen molar-refractivity contribution in [2.45, 2.75) is 6.42 Å². The first-order valence-corrected chi connectivity index (χ1v) is 7.50. The maximum atomic E-state index is 11.9. The lowest BCUT2D eigenvalue weighted by molar-refractivity contribution is -0.115. The molecule has 0 bridgehead atoms. The Balaban J connectivity index is 2.01. The average molecular weight is 404 g/mol. The molecule has 0 aromatic heterocycles. The molecule has 0 aliphatic carbocycles. The van der Waals surface area contributed by atoms with E-state index in [1.165, 1.54) is 0 Å². The van der Waals surface area contributed by atoms with E-state index < -0.39 is 0 Å². The standard InChI is InChI=1S/C14H10Br2ClNO/c15-10-3-1-9(2-4-10)7-14(19)18-11-5-6-12(16)13(17)8-11/h1-6,8H,7H2,(H,18,19). The number of nitrogens with one attached hydrogen (secondary N) is 1. The molecule has 1 amide bonds. The molecule has 0 unspecified atom stereocenters. The van der Waals surface area contributed by atoms with E-state index in [2.05, 4.69) is 37.2 Å². The van der Waals surface area contributed by atoms with Crippen molar-refractivity contribution in [1.29, 1.82) is 0 Å². The predicted molar refractivity (Wildman–Crippen MR) is 85.6 cm³/mol. The minimum Gasteiger partial charge on any atom is -0.326 e. The van der Waals surface area contributed by atoms with Gasteiger partial charge < -0.3 is 5.32 Å². The van der Waals surface area contributed by atoms with Gasteiger partial charge in [0.1, 0.15) is 0 Å². The normalized spacial score (nSPS) is 10.3. The summed E-state index contributed by atoms with van der Waals surface area (Å²) in [7, 11) is 0. The molecule has 5 heteroatoms. The summed E-state index contributed by atoms with van der Waals surface area (Å²) >= 11 is 12.6. The highest BCUT2D eigenvalue weighted by atomic mass is 79.9. The molecular formula is C14H10Br2ClNO. The molecule has 2 nitrogen and oxygen atoms in total. The van der Waals surface area contributed by atoms with Gasteiger partial charge in [0.25, 0.3) is 0 Å². The number of halogens is 3. The first-order valence-electron chi connectivity index (χ1n) is 5.54. The molecule has 2 rings (SSSR count). The van der Waals surface area contributed by atoms with Gasteiger partial charge in [0, 0.05) is 14.6 Å². The van der Waals surface area contributed by atoms with Crippen molar-refractivity contribution in [3.63, 3.8) is 0 Å². The van der Waals surface area contributed by atoms with E-state index in [4.69, 9.17) is 11.6 Å². The van der Waals surface area contributed by atoms with Crippen LogP contribution >= 0.6 is 43.5 Å². The molecule has 0 saturated heterocycles. The average Bonchev–Trinajstić information content (AvgIpc) is 2.37. The van der Waals surface area contributed by atoms with Gasteiger partial charge in [-0.25, -0.2) is 0 Å². The zero-order valence-electron chi connectivity index (χ0n) is 9.79. The maximum absolute atomic E-state index is 11.9. The van der Waals surface area contributed by atoms with Crippen LogP contribution in [0.15, 0.2) is 51.4 Å². The minimum atomic E-state index is -0.0688. The zero-order valence-corrected chi connectivity index (χ0v) is 13.7. The second-order valence-electron chi connectivity index (χ2n) is 3.98. The van der Waals surface area contributed by atoms with Crippen LogP contribution in [0.25, 0.3) is 0 Å². The Labute approximate surface area is 133 Å². The number of amides is 1. The van der Waals surface area contributed by atoms with Crippen LogP contribution < -0.4 is 5.32 Å². The van der Waals surface area contributed by atoms with Crippen molar-refractivity contribution in [3.8, 4) is 0 Å². The fraction of sp³-hybridized carbons (Fsp3) is 0.0714. The third-order valence-corrected chi connectivity index (χ3v) is 4.24. The van der Waals surface area contributed by atoms with Crippen LogP contribution in [0.5, 0.6) is 0 Å². The highest BCUT2D eigenvalue weighted by Gasteiger charge is 2.05. The molecule has 1 N–H and O–H groups in total. The Morgan fingerprint density at radius 3 is 2.42 bits per heavy atom. The molecule has 0 aliphatic rings. The Bertz CT molecular complexity index is 599. The molecule has 0 saturated carbocycles. The third-order valence-electron chi connectivity index (χ3n) is 2.48. The predicted octanol–water partition coefficient (Wildman–Crippen LogP) is 5.05. The Morgan fingerprint density at radius 1 is 1.11 bits per heavy atom. The Morgan fingerprint density at radius 2 is 1.79 bits per heavy atom. The first-order chi connectivity index (χ1) is 9.04. The topological polar surface area (TPSA) is 29.1 Å². The van der Waals surface area contributed by atoms with E-state index in [0.29, 0.717) is 17.1 Å². The molecule has 0 radical (unpaired) electrons. The van der Waals surface area contributed by atoms with Crippen LogP contribution in [0.3, 0.4) is 0 Å². The van der Waals surface area contributed by atoms with Gasteiger partial charge in [-0.2, -0.15) is 0 Å². The number of benzene rings is 2. The number of hydrogen-bond acceptors (Lipinski definition) is 1. The highest BCUT2D eigenvalue weighted by Crippen LogP contribution is 2.25. The van der Waals surface area contributed by atoms with Crippen LogP contribution in [0.2, 0.25) is 5.02 Å². The molecule has 98 valence electrons. The maximum Gasteiger partial charge on any atom is 0.228 e. The van der Waals surface area contributed by atoms with Crippen LogP contribution in [0.4, 0.5) is 5.69 Å². The van der Waals surface area contributed by atoms with Crippen molar-refractivity contribution in [2.75, 3.05) is 5.32 Å². The van der Waals surface area contributed by atoms with E-state index in [-0.39, 0.29) is 5.91 Å². The van der Waals surface area contributed by atoms with E-state index >= 15 is 0 Å². The number of anilines is 1. The molecular weight excluding hydrogens is 393 g/mol. The quantitative estimate of drug-likeness (QED) is 0.764. The second-order valence-corrected chi connectivity index (χ2v) is 6.16. The molecule has 2 aromatic rings. The lowest BCUT2D eigenvalue weighted by Gasteiger charge is -2.06. The van der Waals surface area contributed by atoms with Gasteiger partial charge in [-0.15, -0.1) is 0 Å². The van der Waals surface area contributed by atoms with E-state index in [1.54, 1.807) is 18.2 Å². The van der Waals surface area contributed by atoms with Gasteiger partial charge in [-0.3, -0.25) is 4.79 Å². The van der Waals surface area contributed by atoms with Gasteiger partial charge in [-0.1, -0.05) is 39.7 Å². The van der Waals surface area contributed by atoms with E-state index in [0.717, 1.165) is 14.5 Å². The van der Waals surface area contributed by atoms with E-state index in [9.17, 15) is 4.79 Å². The van der Waals surface area contributed by atoms with Crippen molar-refractivity contribution >= 4 is 55.1 Å². The zero-order chi connectivity index (χ0) is 13.8. The van der Waals surface area contributed by atoms with Crippen LogP contribution in [0.1, 0.15) is 5.56 Å². The van der Waals surface area contributed by atoms with Crippen molar-refractivity contribution in [2.24, 2.45) is 0 Å². The summed E-state index contributed by atoms with van der Waals surface area (Å²) in [5, 5.41) is 3.39. The SMILES string of the molecule is O=C(Cc1ccc(Br)cc1)Nc1ccc(Br)c(Cl)c1. The van der Waals surface area contributed by atoms with Gasteiger partial charge in [0.05, 0.1) is 11.4 Å². The minimum absolute atomic E-state index is 0.0688. The highest BCUT2D eigenvalue weighted by molar-refractivity contribution is 9.10. The number of carbonyl (C=O) groups is 1. The smallest absolute Gasteiger partial charge is 0.228 e.